The normalized spacial score (nSPS) is 20.4. The number of carbonyl (C=O) groups excluding carboxylic acids is 1. The van der Waals surface area contributed by atoms with E-state index >= 15 is 0 Å². The van der Waals surface area contributed by atoms with Crippen LogP contribution in [0.2, 0.25) is 0 Å². The molecule has 1 saturated heterocycles. The number of carbonyl (C=O) groups is 1. The molecule has 1 unspecified atom stereocenters. The highest BCUT2D eigenvalue weighted by Gasteiger charge is 2.21. The predicted octanol–water partition coefficient (Wildman–Crippen LogP) is 3.08. The van der Waals surface area contributed by atoms with Crippen molar-refractivity contribution in [3.8, 4) is 0 Å². The Kier molecular flexibility index (Phi) is 3.88. The van der Waals surface area contributed by atoms with Gasteiger partial charge in [-0.3, -0.25) is 4.79 Å². The first-order chi connectivity index (χ1) is 7.75. The van der Waals surface area contributed by atoms with Crippen molar-refractivity contribution >= 4 is 23.4 Å². The highest BCUT2D eigenvalue weighted by Crippen LogP contribution is 2.24. The van der Waals surface area contributed by atoms with Crippen molar-refractivity contribution in [2.75, 3.05) is 16.8 Å². The molecule has 1 aliphatic heterocycles. The van der Waals surface area contributed by atoms with E-state index in [2.05, 4.69) is 5.32 Å². The Hall–Kier alpha value is -0.960. The molecule has 0 radical (unpaired) electrons. The molecule has 16 heavy (non-hydrogen) atoms. The van der Waals surface area contributed by atoms with Gasteiger partial charge in [0.05, 0.1) is 0 Å². The van der Waals surface area contributed by atoms with E-state index < -0.39 is 0 Å². The van der Waals surface area contributed by atoms with Gasteiger partial charge >= 0.3 is 0 Å². The number of aryl methyl sites for hydroxylation is 1. The predicted molar refractivity (Wildman–Crippen MR) is 69.9 cm³/mol. The van der Waals surface area contributed by atoms with Gasteiger partial charge in [-0.15, -0.1) is 0 Å². The molecule has 1 aromatic carbocycles. The molecule has 1 N–H and O–H groups in total. The maximum absolute atomic E-state index is 12.0. The number of rotatable bonds is 2. The van der Waals surface area contributed by atoms with Crippen LogP contribution in [0, 0.1) is 12.8 Å². The van der Waals surface area contributed by atoms with Crippen LogP contribution in [-0.2, 0) is 4.79 Å². The van der Waals surface area contributed by atoms with Crippen LogP contribution in [0.1, 0.15) is 18.4 Å². The molecule has 0 aliphatic carbocycles. The fraction of sp³-hybridized carbons (Fsp3) is 0.462. The van der Waals surface area contributed by atoms with Crippen molar-refractivity contribution < 1.29 is 4.79 Å². The van der Waals surface area contributed by atoms with Crippen molar-refractivity contribution in [3.05, 3.63) is 29.8 Å². The summed E-state index contributed by atoms with van der Waals surface area (Å²) in [6, 6.07) is 7.96. The van der Waals surface area contributed by atoms with E-state index in [9.17, 15) is 4.79 Å². The molecular weight excluding hydrogens is 218 g/mol. The molecular formula is C13H17NOS. The second-order valence-corrected chi connectivity index (χ2v) is 5.42. The minimum Gasteiger partial charge on any atom is -0.326 e. The van der Waals surface area contributed by atoms with Crippen molar-refractivity contribution in [1.29, 1.82) is 0 Å². The molecule has 0 bridgehead atoms. The average molecular weight is 235 g/mol. The highest BCUT2D eigenvalue weighted by atomic mass is 32.2. The SMILES string of the molecule is Cc1cccc(NC(=O)C2CCCSC2)c1. The Balaban J connectivity index is 1.96. The van der Waals surface area contributed by atoms with Crippen LogP contribution in [0.15, 0.2) is 24.3 Å². The number of hydrogen-bond donors (Lipinski definition) is 1. The minimum atomic E-state index is 0.179. The number of anilines is 1. The summed E-state index contributed by atoms with van der Waals surface area (Å²) in [7, 11) is 0. The molecule has 1 heterocycles. The summed E-state index contributed by atoms with van der Waals surface area (Å²) in [5.41, 5.74) is 2.09. The lowest BCUT2D eigenvalue weighted by atomic mass is 10.0. The Labute approximate surface area is 101 Å². The molecule has 3 heteroatoms. The summed E-state index contributed by atoms with van der Waals surface area (Å²) in [5.74, 6) is 2.54. The van der Waals surface area contributed by atoms with Gasteiger partial charge in [0.15, 0.2) is 0 Å². The van der Waals surface area contributed by atoms with Gasteiger partial charge in [0, 0.05) is 17.4 Å². The number of nitrogens with one attached hydrogen (secondary N) is 1. The topological polar surface area (TPSA) is 29.1 Å². The summed E-state index contributed by atoms with van der Waals surface area (Å²) in [6.45, 7) is 2.03. The molecule has 1 aromatic rings. The molecule has 1 aliphatic rings. The second-order valence-electron chi connectivity index (χ2n) is 4.27. The summed E-state index contributed by atoms with van der Waals surface area (Å²) in [6.07, 6.45) is 2.20. The van der Waals surface area contributed by atoms with E-state index in [1.807, 2.05) is 43.0 Å². The zero-order valence-electron chi connectivity index (χ0n) is 9.53. The lowest BCUT2D eigenvalue weighted by molar-refractivity contribution is -0.119. The Morgan fingerprint density at radius 3 is 3.06 bits per heavy atom. The van der Waals surface area contributed by atoms with Crippen LogP contribution in [-0.4, -0.2) is 17.4 Å². The van der Waals surface area contributed by atoms with Crippen molar-refractivity contribution in [1.82, 2.24) is 0 Å². The molecule has 2 nitrogen and oxygen atoms in total. The first-order valence-electron chi connectivity index (χ1n) is 5.71. The monoisotopic (exact) mass is 235 g/mol. The van der Waals surface area contributed by atoms with Crippen LogP contribution in [0.4, 0.5) is 5.69 Å². The fourth-order valence-electron chi connectivity index (χ4n) is 1.91. The number of thioether (sulfide) groups is 1. The minimum absolute atomic E-state index is 0.179. The summed E-state index contributed by atoms with van der Waals surface area (Å²) < 4.78 is 0. The average Bonchev–Trinajstić information content (AvgIpc) is 2.30. The zero-order valence-corrected chi connectivity index (χ0v) is 10.3. The third kappa shape index (κ3) is 3.01. The van der Waals surface area contributed by atoms with E-state index in [1.54, 1.807) is 0 Å². The third-order valence-electron chi connectivity index (χ3n) is 2.82. The van der Waals surface area contributed by atoms with Crippen LogP contribution in [0.3, 0.4) is 0 Å². The zero-order chi connectivity index (χ0) is 11.4. The molecule has 86 valence electrons. The largest absolute Gasteiger partial charge is 0.326 e. The lowest BCUT2D eigenvalue weighted by Gasteiger charge is -2.20. The Morgan fingerprint density at radius 1 is 1.50 bits per heavy atom. The standard InChI is InChI=1S/C13H17NOS/c1-10-4-2-6-12(8-10)14-13(15)11-5-3-7-16-9-11/h2,4,6,8,11H,3,5,7,9H2,1H3,(H,14,15). The second kappa shape index (κ2) is 5.39. The van der Waals surface area contributed by atoms with E-state index in [0.29, 0.717) is 0 Å². The molecule has 1 fully saturated rings. The van der Waals surface area contributed by atoms with E-state index in [4.69, 9.17) is 0 Å². The summed E-state index contributed by atoms with van der Waals surface area (Å²) in [4.78, 5) is 12.0. The molecule has 2 rings (SSSR count). The van der Waals surface area contributed by atoms with Crippen molar-refractivity contribution in [3.63, 3.8) is 0 Å². The maximum Gasteiger partial charge on any atom is 0.228 e. The van der Waals surface area contributed by atoms with E-state index in [-0.39, 0.29) is 11.8 Å². The van der Waals surface area contributed by atoms with Crippen LogP contribution in [0.25, 0.3) is 0 Å². The van der Waals surface area contributed by atoms with Gasteiger partial charge in [0.2, 0.25) is 5.91 Å². The van der Waals surface area contributed by atoms with Gasteiger partial charge in [-0.2, -0.15) is 11.8 Å². The van der Waals surface area contributed by atoms with Gasteiger partial charge in [0.1, 0.15) is 0 Å². The van der Waals surface area contributed by atoms with Gasteiger partial charge < -0.3 is 5.32 Å². The van der Waals surface area contributed by atoms with Gasteiger partial charge in [0.25, 0.3) is 0 Å². The van der Waals surface area contributed by atoms with Crippen LogP contribution >= 0.6 is 11.8 Å². The van der Waals surface area contributed by atoms with Crippen molar-refractivity contribution in [2.24, 2.45) is 5.92 Å². The Morgan fingerprint density at radius 2 is 2.38 bits per heavy atom. The highest BCUT2D eigenvalue weighted by molar-refractivity contribution is 7.99. The van der Waals surface area contributed by atoms with Crippen LogP contribution in [0.5, 0.6) is 0 Å². The molecule has 1 atom stereocenters. The third-order valence-corrected chi connectivity index (χ3v) is 4.03. The molecule has 0 aromatic heterocycles. The molecule has 1 amide bonds. The van der Waals surface area contributed by atoms with Gasteiger partial charge in [-0.05, 0) is 43.2 Å². The molecule has 0 saturated carbocycles. The maximum atomic E-state index is 12.0. The van der Waals surface area contributed by atoms with Crippen LogP contribution < -0.4 is 5.32 Å². The first-order valence-corrected chi connectivity index (χ1v) is 6.86. The number of amides is 1. The van der Waals surface area contributed by atoms with E-state index in [0.717, 1.165) is 24.3 Å². The number of hydrogen-bond acceptors (Lipinski definition) is 2. The van der Waals surface area contributed by atoms with Gasteiger partial charge in [-0.25, -0.2) is 0 Å². The van der Waals surface area contributed by atoms with Gasteiger partial charge in [-0.1, -0.05) is 12.1 Å². The smallest absolute Gasteiger partial charge is 0.228 e. The summed E-state index contributed by atoms with van der Waals surface area (Å²) >= 11 is 1.88. The summed E-state index contributed by atoms with van der Waals surface area (Å²) in [5, 5.41) is 3.00. The molecule has 0 spiro atoms. The van der Waals surface area contributed by atoms with Crippen molar-refractivity contribution in [2.45, 2.75) is 19.8 Å². The Bertz CT molecular complexity index is 372. The quantitative estimate of drug-likeness (QED) is 0.853. The first kappa shape index (κ1) is 11.5. The lowest BCUT2D eigenvalue weighted by Crippen LogP contribution is -2.27. The van der Waals surface area contributed by atoms with E-state index in [1.165, 1.54) is 11.3 Å². The fourth-order valence-corrected chi connectivity index (χ4v) is 3.05. The number of benzene rings is 1.